The molecule has 0 atom stereocenters. The average Bonchev–Trinajstić information content (AvgIpc) is 3.19. The number of hydrogen-bond acceptors (Lipinski definition) is 5. The van der Waals surface area contributed by atoms with E-state index in [0.29, 0.717) is 13.2 Å². The molecule has 154 valence electrons. The largest absolute Gasteiger partial charge is 0.478 e. The van der Waals surface area contributed by atoms with E-state index in [1.807, 2.05) is 74.5 Å². The van der Waals surface area contributed by atoms with Gasteiger partial charge in [-0.2, -0.15) is 0 Å². The van der Waals surface area contributed by atoms with E-state index < -0.39 is 0 Å². The third kappa shape index (κ3) is 5.86. The second-order valence-corrected chi connectivity index (χ2v) is 5.84. The van der Waals surface area contributed by atoms with Gasteiger partial charge in [0.15, 0.2) is 0 Å². The molecule has 0 radical (unpaired) electrons. The summed E-state index contributed by atoms with van der Waals surface area (Å²) in [5.41, 5.74) is 3.34. The maximum atomic E-state index is 7.83. The number of furan rings is 1. The van der Waals surface area contributed by atoms with Gasteiger partial charge >= 0.3 is 0 Å². The standard InChI is InChI=1S/C22H22N2O3.2ClH/c1-3-25-21(23)17-9-5-15(6-10-17)19-13-14-20(27-19)16-7-11-18(12-8-16)22(24)26-4-2;;/h5-14,23-24H,3-4H2,1-2H3;2*1H. The van der Waals surface area contributed by atoms with Gasteiger partial charge in [0.1, 0.15) is 11.5 Å². The molecule has 5 nitrogen and oxygen atoms in total. The Morgan fingerprint density at radius 2 is 1.00 bits per heavy atom. The van der Waals surface area contributed by atoms with Crippen molar-refractivity contribution in [3.8, 4) is 22.6 Å². The van der Waals surface area contributed by atoms with E-state index in [2.05, 4.69) is 0 Å². The Hall–Kier alpha value is -2.76. The molecule has 0 saturated carbocycles. The minimum Gasteiger partial charge on any atom is -0.478 e. The highest BCUT2D eigenvalue weighted by atomic mass is 35.5. The Balaban J connectivity index is 0.00000210. The molecule has 0 unspecified atom stereocenters. The Bertz CT molecular complexity index is 859. The summed E-state index contributed by atoms with van der Waals surface area (Å²) < 4.78 is 16.4. The minimum absolute atomic E-state index is 0. The molecule has 0 aliphatic rings. The van der Waals surface area contributed by atoms with Crippen LogP contribution in [0.4, 0.5) is 0 Å². The third-order valence-corrected chi connectivity index (χ3v) is 4.05. The van der Waals surface area contributed by atoms with E-state index in [4.69, 9.17) is 24.7 Å². The van der Waals surface area contributed by atoms with Crippen molar-refractivity contribution >= 4 is 36.6 Å². The highest BCUT2D eigenvalue weighted by molar-refractivity contribution is 5.92. The van der Waals surface area contributed by atoms with Crippen molar-refractivity contribution in [2.24, 2.45) is 0 Å². The summed E-state index contributed by atoms with van der Waals surface area (Å²) in [5, 5.41) is 15.7. The van der Waals surface area contributed by atoms with Crippen LogP contribution in [0.25, 0.3) is 22.6 Å². The minimum atomic E-state index is 0. The number of ether oxygens (including phenoxy) is 2. The molecule has 0 amide bonds. The summed E-state index contributed by atoms with van der Waals surface area (Å²) in [6.07, 6.45) is 0. The number of nitrogens with one attached hydrogen (secondary N) is 2. The molecule has 0 spiro atoms. The van der Waals surface area contributed by atoms with Gasteiger partial charge in [-0.3, -0.25) is 10.8 Å². The SMILES string of the molecule is CCOC(=N)c1ccc(-c2ccc(-c3ccc(C(=N)OCC)cc3)o2)cc1.Cl.Cl. The van der Waals surface area contributed by atoms with E-state index in [1.165, 1.54) is 0 Å². The third-order valence-electron chi connectivity index (χ3n) is 4.05. The van der Waals surface area contributed by atoms with Gasteiger partial charge in [-0.25, -0.2) is 0 Å². The van der Waals surface area contributed by atoms with Crippen LogP contribution >= 0.6 is 24.8 Å². The second-order valence-electron chi connectivity index (χ2n) is 5.84. The van der Waals surface area contributed by atoms with Crippen LogP contribution in [-0.2, 0) is 9.47 Å². The molecule has 7 heteroatoms. The van der Waals surface area contributed by atoms with E-state index in [0.717, 1.165) is 33.8 Å². The number of hydrogen-bond donors (Lipinski definition) is 2. The summed E-state index contributed by atoms with van der Waals surface area (Å²) in [7, 11) is 0. The number of benzene rings is 2. The molecular weight excluding hydrogens is 411 g/mol. The van der Waals surface area contributed by atoms with Gasteiger partial charge in [0, 0.05) is 22.3 Å². The molecule has 3 aromatic rings. The van der Waals surface area contributed by atoms with Gasteiger partial charge in [-0.05, 0) is 50.2 Å². The average molecular weight is 435 g/mol. The fourth-order valence-electron chi connectivity index (χ4n) is 2.68. The molecular formula is C22H24Cl2N2O3. The van der Waals surface area contributed by atoms with Gasteiger partial charge < -0.3 is 13.9 Å². The van der Waals surface area contributed by atoms with Crippen LogP contribution in [0.1, 0.15) is 25.0 Å². The maximum absolute atomic E-state index is 7.83. The van der Waals surface area contributed by atoms with Crippen LogP contribution in [0.5, 0.6) is 0 Å². The predicted molar refractivity (Wildman–Crippen MR) is 121 cm³/mol. The molecule has 0 aliphatic heterocycles. The molecule has 2 aromatic carbocycles. The lowest BCUT2D eigenvalue weighted by Gasteiger charge is -2.06. The van der Waals surface area contributed by atoms with Crippen LogP contribution in [0.2, 0.25) is 0 Å². The molecule has 29 heavy (non-hydrogen) atoms. The summed E-state index contributed by atoms with van der Waals surface area (Å²) in [6.45, 7) is 4.68. The Morgan fingerprint density at radius 1 is 0.655 bits per heavy atom. The lowest BCUT2D eigenvalue weighted by molar-refractivity contribution is 0.325. The van der Waals surface area contributed by atoms with Gasteiger partial charge in [0.2, 0.25) is 11.8 Å². The lowest BCUT2D eigenvalue weighted by Crippen LogP contribution is -2.04. The van der Waals surface area contributed by atoms with Crippen LogP contribution in [0, 0.1) is 10.8 Å². The first kappa shape index (κ1) is 24.3. The fourth-order valence-corrected chi connectivity index (χ4v) is 2.68. The number of rotatable bonds is 6. The van der Waals surface area contributed by atoms with Crippen LogP contribution in [0.3, 0.4) is 0 Å². The highest BCUT2D eigenvalue weighted by Crippen LogP contribution is 2.29. The zero-order chi connectivity index (χ0) is 19.2. The van der Waals surface area contributed by atoms with Crippen molar-refractivity contribution < 1.29 is 13.9 Å². The van der Waals surface area contributed by atoms with E-state index in [-0.39, 0.29) is 36.6 Å². The van der Waals surface area contributed by atoms with Crippen molar-refractivity contribution in [1.29, 1.82) is 10.8 Å². The summed E-state index contributed by atoms with van der Waals surface area (Å²) in [6, 6.07) is 18.9. The van der Waals surface area contributed by atoms with Gasteiger partial charge in [-0.1, -0.05) is 24.3 Å². The van der Waals surface area contributed by atoms with Crippen molar-refractivity contribution in [3.05, 3.63) is 71.8 Å². The van der Waals surface area contributed by atoms with Crippen molar-refractivity contribution in [1.82, 2.24) is 0 Å². The molecule has 3 rings (SSSR count). The quantitative estimate of drug-likeness (QED) is 0.358. The molecule has 1 heterocycles. The van der Waals surface area contributed by atoms with E-state index >= 15 is 0 Å². The topological polar surface area (TPSA) is 79.3 Å². The predicted octanol–water partition coefficient (Wildman–Crippen LogP) is 6.18. The Labute approximate surface area is 182 Å². The first-order chi connectivity index (χ1) is 13.1. The van der Waals surface area contributed by atoms with E-state index in [9.17, 15) is 0 Å². The van der Waals surface area contributed by atoms with E-state index in [1.54, 1.807) is 0 Å². The van der Waals surface area contributed by atoms with Crippen LogP contribution < -0.4 is 0 Å². The smallest absolute Gasteiger partial charge is 0.213 e. The van der Waals surface area contributed by atoms with Gasteiger partial charge in [0.25, 0.3) is 0 Å². The summed E-state index contributed by atoms with van der Waals surface area (Å²) in [4.78, 5) is 0. The van der Waals surface area contributed by atoms with Gasteiger partial charge in [0.05, 0.1) is 13.2 Å². The summed E-state index contributed by atoms with van der Waals surface area (Å²) in [5.74, 6) is 1.85. The Morgan fingerprint density at radius 3 is 1.31 bits per heavy atom. The first-order valence-corrected chi connectivity index (χ1v) is 8.86. The molecule has 0 bridgehead atoms. The summed E-state index contributed by atoms with van der Waals surface area (Å²) >= 11 is 0. The molecule has 0 saturated heterocycles. The Kier molecular flexibility index (Phi) is 9.45. The molecule has 2 N–H and O–H groups in total. The maximum Gasteiger partial charge on any atom is 0.213 e. The zero-order valence-corrected chi connectivity index (χ0v) is 17.9. The second kappa shape index (κ2) is 11.3. The monoisotopic (exact) mass is 434 g/mol. The zero-order valence-electron chi connectivity index (χ0n) is 16.2. The number of halogens is 2. The first-order valence-electron chi connectivity index (χ1n) is 8.86. The van der Waals surface area contributed by atoms with Crippen LogP contribution in [-0.4, -0.2) is 25.0 Å². The highest BCUT2D eigenvalue weighted by Gasteiger charge is 2.09. The molecule has 1 aromatic heterocycles. The van der Waals surface area contributed by atoms with Crippen molar-refractivity contribution in [3.63, 3.8) is 0 Å². The lowest BCUT2D eigenvalue weighted by atomic mass is 10.1. The fraction of sp³-hybridized carbons (Fsp3) is 0.182. The van der Waals surface area contributed by atoms with Crippen molar-refractivity contribution in [2.45, 2.75) is 13.8 Å². The van der Waals surface area contributed by atoms with Crippen LogP contribution in [0.15, 0.2) is 65.1 Å². The molecule has 0 fully saturated rings. The normalized spacial score (nSPS) is 9.72. The van der Waals surface area contributed by atoms with Crippen molar-refractivity contribution in [2.75, 3.05) is 13.2 Å². The molecule has 0 aliphatic carbocycles. The van der Waals surface area contributed by atoms with Gasteiger partial charge in [-0.15, -0.1) is 24.8 Å².